The van der Waals surface area contributed by atoms with Gasteiger partial charge in [0.1, 0.15) is 12.4 Å². The van der Waals surface area contributed by atoms with Crippen molar-refractivity contribution < 1.29 is 9.53 Å². The molecule has 1 rings (SSSR count). The van der Waals surface area contributed by atoms with E-state index >= 15 is 0 Å². The van der Waals surface area contributed by atoms with Gasteiger partial charge >= 0.3 is 5.97 Å². The molecule has 7 nitrogen and oxygen atoms in total. The Hall–Kier alpha value is -1.89. The Bertz CT molecular complexity index is 369. The van der Waals surface area contributed by atoms with Crippen LogP contribution in [0.25, 0.3) is 0 Å². The first-order valence-electron chi connectivity index (χ1n) is 4.87. The first-order chi connectivity index (χ1) is 7.67. The van der Waals surface area contributed by atoms with Crippen molar-refractivity contribution in [3.63, 3.8) is 0 Å². The SMILES string of the molecule is CCOC(=O)CNc1nc(NN)ncc1C. The van der Waals surface area contributed by atoms with Crippen LogP contribution in [0, 0.1) is 6.92 Å². The lowest BCUT2D eigenvalue weighted by Gasteiger charge is -2.08. The summed E-state index contributed by atoms with van der Waals surface area (Å²) in [6, 6.07) is 0. The number of nitrogens with one attached hydrogen (secondary N) is 2. The number of rotatable bonds is 5. The molecule has 1 aromatic heterocycles. The number of hydrazine groups is 1. The number of carbonyl (C=O) groups is 1. The molecule has 0 radical (unpaired) electrons. The number of anilines is 2. The molecule has 0 aliphatic carbocycles. The molecule has 88 valence electrons. The van der Waals surface area contributed by atoms with E-state index in [4.69, 9.17) is 10.6 Å². The van der Waals surface area contributed by atoms with Gasteiger partial charge in [0, 0.05) is 11.8 Å². The normalized spacial score (nSPS) is 9.69. The number of nitrogen functional groups attached to an aromatic ring is 1. The van der Waals surface area contributed by atoms with Gasteiger partial charge in [0.05, 0.1) is 6.61 Å². The Morgan fingerprint density at radius 3 is 3.00 bits per heavy atom. The van der Waals surface area contributed by atoms with Crippen molar-refractivity contribution in [3.8, 4) is 0 Å². The average Bonchev–Trinajstić information content (AvgIpc) is 2.28. The van der Waals surface area contributed by atoms with Gasteiger partial charge in [0.2, 0.25) is 5.95 Å². The Morgan fingerprint density at radius 2 is 2.38 bits per heavy atom. The first-order valence-corrected chi connectivity index (χ1v) is 4.87. The Labute approximate surface area is 93.4 Å². The minimum atomic E-state index is -0.331. The van der Waals surface area contributed by atoms with Crippen LogP contribution in [0.4, 0.5) is 11.8 Å². The van der Waals surface area contributed by atoms with Crippen LogP contribution in [0.5, 0.6) is 0 Å². The fourth-order valence-corrected chi connectivity index (χ4v) is 1.06. The predicted molar refractivity (Wildman–Crippen MR) is 59.7 cm³/mol. The van der Waals surface area contributed by atoms with Crippen molar-refractivity contribution >= 4 is 17.7 Å². The number of hydrogen-bond acceptors (Lipinski definition) is 7. The maximum absolute atomic E-state index is 11.1. The van der Waals surface area contributed by atoms with Crippen molar-refractivity contribution in [1.82, 2.24) is 9.97 Å². The number of nitrogens with zero attached hydrogens (tertiary/aromatic N) is 2. The van der Waals surface area contributed by atoms with E-state index in [1.54, 1.807) is 13.1 Å². The highest BCUT2D eigenvalue weighted by molar-refractivity contribution is 5.74. The van der Waals surface area contributed by atoms with Gasteiger partial charge in [-0.2, -0.15) is 4.98 Å². The number of aromatic nitrogens is 2. The average molecular weight is 225 g/mol. The molecule has 0 atom stereocenters. The third-order valence-corrected chi connectivity index (χ3v) is 1.81. The molecule has 0 amide bonds. The minimum Gasteiger partial charge on any atom is -0.465 e. The summed E-state index contributed by atoms with van der Waals surface area (Å²) in [5.74, 6) is 5.69. The second-order valence-corrected chi connectivity index (χ2v) is 3.03. The minimum absolute atomic E-state index is 0.0652. The van der Waals surface area contributed by atoms with Crippen molar-refractivity contribution in [1.29, 1.82) is 0 Å². The number of aryl methyl sites for hydroxylation is 1. The number of esters is 1. The van der Waals surface area contributed by atoms with Crippen LogP contribution in [0.1, 0.15) is 12.5 Å². The number of carbonyl (C=O) groups excluding carboxylic acids is 1. The van der Waals surface area contributed by atoms with Crippen LogP contribution in [-0.2, 0) is 9.53 Å². The van der Waals surface area contributed by atoms with Crippen LogP contribution in [0.15, 0.2) is 6.20 Å². The van der Waals surface area contributed by atoms with E-state index in [-0.39, 0.29) is 18.5 Å². The summed E-state index contributed by atoms with van der Waals surface area (Å²) in [4.78, 5) is 19.1. The van der Waals surface area contributed by atoms with E-state index in [0.717, 1.165) is 5.56 Å². The van der Waals surface area contributed by atoms with Crippen molar-refractivity contribution in [3.05, 3.63) is 11.8 Å². The molecule has 0 bridgehead atoms. The van der Waals surface area contributed by atoms with E-state index in [1.165, 1.54) is 0 Å². The number of nitrogens with two attached hydrogens (primary N) is 1. The molecular formula is C9H15N5O2. The molecule has 0 saturated heterocycles. The van der Waals surface area contributed by atoms with E-state index in [2.05, 4.69) is 20.7 Å². The summed E-state index contributed by atoms with van der Waals surface area (Å²) in [7, 11) is 0. The smallest absolute Gasteiger partial charge is 0.325 e. The molecule has 0 saturated carbocycles. The van der Waals surface area contributed by atoms with Crippen molar-refractivity contribution in [2.45, 2.75) is 13.8 Å². The van der Waals surface area contributed by atoms with Gasteiger partial charge < -0.3 is 10.1 Å². The van der Waals surface area contributed by atoms with Crippen LogP contribution in [0.2, 0.25) is 0 Å². The largest absolute Gasteiger partial charge is 0.465 e. The summed E-state index contributed by atoms with van der Waals surface area (Å²) in [6.45, 7) is 4.01. The van der Waals surface area contributed by atoms with Gasteiger partial charge in [-0.25, -0.2) is 10.8 Å². The molecule has 0 aliphatic heterocycles. The molecule has 4 N–H and O–H groups in total. The van der Waals surface area contributed by atoms with Gasteiger partial charge in [-0.15, -0.1) is 0 Å². The summed E-state index contributed by atoms with van der Waals surface area (Å²) in [5.41, 5.74) is 3.15. The van der Waals surface area contributed by atoms with Gasteiger partial charge in [0.15, 0.2) is 0 Å². The van der Waals surface area contributed by atoms with Gasteiger partial charge in [-0.1, -0.05) is 0 Å². The molecule has 0 unspecified atom stereocenters. The summed E-state index contributed by atoms with van der Waals surface area (Å²) in [5, 5.41) is 2.85. The van der Waals surface area contributed by atoms with Crippen LogP contribution in [-0.4, -0.2) is 29.1 Å². The second kappa shape index (κ2) is 5.86. The van der Waals surface area contributed by atoms with E-state index in [0.29, 0.717) is 12.4 Å². The van der Waals surface area contributed by atoms with Gasteiger partial charge in [-0.05, 0) is 13.8 Å². The standard InChI is InChI=1S/C9H15N5O2/c1-3-16-7(15)5-11-8-6(2)4-12-9(13-8)14-10/h4H,3,5,10H2,1-2H3,(H2,11,12,13,14). The van der Waals surface area contributed by atoms with E-state index in [1.807, 2.05) is 6.92 Å². The molecule has 0 fully saturated rings. The Morgan fingerprint density at radius 1 is 1.62 bits per heavy atom. The quantitative estimate of drug-likeness (QED) is 0.369. The third kappa shape index (κ3) is 3.35. The van der Waals surface area contributed by atoms with Gasteiger partial charge in [-0.3, -0.25) is 10.2 Å². The summed E-state index contributed by atoms with van der Waals surface area (Å²) < 4.78 is 4.77. The molecule has 0 spiro atoms. The topological polar surface area (TPSA) is 102 Å². The van der Waals surface area contributed by atoms with Crippen LogP contribution in [0.3, 0.4) is 0 Å². The number of hydrogen-bond donors (Lipinski definition) is 3. The van der Waals surface area contributed by atoms with Crippen molar-refractivity contribution in [2.75, 3.05) is 23.9 Å². The molecule has 7 heteroatoms. The maximum atomic E-state index is 11.1. The Balaban J connectivity index is 2.62. The fourth-order valence-electron chi connectivity index (χ4n) is 1.06. The molecular weight excluding hydrogens is 210 g/mol. The lowest BCUT2D eigenvalue weighted by molar-refractivity contribution is -0.140. The third-order valence-electron chi connectivity index (χ3n) is 1.81. The zero-order valence-corrected chi connectivity index (χ0v) is 9.28. The van der Waals surface area contributed by atoms with Crippen LogP contribution >= 0.6 is 0 Å². The fraction of sp³-hybridized carbons (Fsp3) is 0.444. The summed E-state index contributed by atoms with van der Waals surface area (Å²) in [6.07, 6.45) is 1.61. The lowest BCUT2D eigenvalue weighted by Crippen LogP contribution is -2.19. The van der Waals surface area contributed by atoms with E-state index in [9.17, 15) is 4.79 Å². The molecule has 16 heavy (non-hydrogen) atoms. The molecule has 0 aliphatic rings. The molecule has 1 heterocycles. The van der Waals surface area contributed by atoms with E-state index < -0.39 is 0 Å². The Kier molecular flexibility index (Phi) is 4.46. The zero-order valence-electron chi connectivity index (χ0n) is 9.28. The molecule has 1 aromatic rings. The van der Waals surface area contributed by atoms with Crippen LogP contribution < -0.4 is 16.6 Å². The second-order valence-electron chi connectivity index (χ2n) is 3.03. The zero-order chi connectivity index (χ0) is 12.0. The maximum Gasteiger partial charge on any atom is 0.325 e. The van der Waals surface area contributed by atoms with Crippen molar-refractivity contribution in [2.24, 2.45) is 5.84 Å². The highest BCUT2D eigenvalue weighted by Crippen LogP contribution is 2.11. The van der Waals surface area contributed by atoms with Gasteiger partial charge in [0.25, 0.3) is 0 Å². The number of ether oxygens (including phenoxy) is 1. The highest BCUT2D eigenvalue weighted by atomic mass is 16.5. The molecule has 0 aromatic carbocycles. The first kappa shape index (κ1) is 12.2. The highest BCUT2D eigenvalue weighted by Gasteiger charge is 2.05. The lowest BCUT2D eigenvalue weighted by atomic mass is 10.3. The monoisotopic (exact) mass is 225 g/mol. The summed E-state index contributed by atoms with van der Waals surface area (Å²) >= 11 is 0. The predicted octanol–water partition coefficient (Wildman–Crippen LogP) is 0.0456.